The Hall–Kier alpha value is -4.13. The predicted molar refractivity (Wildman–Crippen MR) is 223 cm³/mol. The third kappa shape index (κ3) is 8.24. The van der Waals surface area contributed by atoms with Crippen LogP contribution in [0.15, 0.2) is 121 Å². The van der Waals surface area contributed by atoms with Crippen LogP contribution in [-0.4, -0.2) is 41.8 Å². The first-order valence-corrected chi connectivity index (χ1v) is 20.6. The minimum Gasteiger partial charge on any atom is -0.299 e. The van der Waals surface area contributed by atoms with Crippen LogP contribution in [0, 0.1) is 25.7 Å². The van der Waals surface area contributed by atoms with Crippen LogP contribution in [-0.2, 0) is 17.9 Å². The molecule has 0 spiro atoms. The quantitative estimate of drug-likeness (QED) is 0.132. The second-order valence-electron chi connectivity index (χ2n) is 15.0. The molecule has 2 saturated heterocycles. The summed E-state index contributed by atoms with van der Waals surface area (Å²) in [5.74, 6) is 0.844. The van der Waals surface area contributed by atoms with Gasteiger partial charge in [-0.1, -0.05) is 96.1 Å². The van der Waals surface area contributed by atoms with E-state index in [0.29, 0.717) is 11.8 Å². The SMILES string of the molecule is Cc1ccc2sc(C(=CC(=O)C=C(c3cc4cc(C)ccc4s3)C3CCN(Cc4ccccc4)CC3)C3CCN(Cc4ccccc4)CC3)cc2c1. The summed E-state index contributed by atoms with van der Waals surface area (Å²) in [5, 5.41) is 2.55. The van der Waals surface area contributed by atoms with Gasteiger partial charge in [0.1, 0.15) is 0 Å². The standard InChI is InChI=1S/C47H48N2OS2/c1-33-13-15-44-39(25-33)27-46(51-44)42(37-17-21-48(22-18-37)31-35-9-5-3-6-10-35)29-41(50)30-43(47-28-40-26-34(2)14-16-45(40)52-47)38-19-23-49(24-20-38)32-36-11-7-4-8-12-36/h3-16,25-30,37-38H,17-24,31-32H2,1-2H3. The molecule has 0 amide bonds. The number of benzene rings is 4. The summed E-state index contributed by atoms with van der Waals surface area (Å²) in [6.45, 7) is 10.5. The van der Waals surface area contributed by atoms with Crippen LogP contribution in [0.4, 0.5) is 0 Å². The summed E-state index contributed by atoms with van der Waals surface area (Å²) in [6.07, 6.45) is 8.29. The Kier molecular flexibility index (Phi) is 10.6. The zero-order valence-electron chi connectivity index (χ0n) is 30.4. The van der Waals surface area contributed by atoms with Gasteiger partial charge in [-0.25, -0.2) is 0 Å². The Morgan fingerprint density at radius 1 is 0.577 bits per heavy atom. The summed E-state index contributed by atoms with van der Waals surface area (Å²) in [6, 6.07) is 39.7. The maximum Gasteiger partial charge on any atom is 0.179 e. The van der Waals surface area contributed by atoms with Gasteiger partial charge in [-0.2, -0.15) is 0 Å². The van der Waals surface area contributed by atoms with E-state index in [-0.39, 0.29) is 5.78 Å². The molecular weight excluding hydrogens is 673 g/mol. The van der Waals surface area contributed by atoms with Crippen LogP contribution in [0.1, 0.15) is 57.7 Å². The number of hydrogen-bond acceptors (Lipinski definition) is 5. The minimum absolute atomic E-state index is 0.130. The molecule has 2 aromatic heterocycles. The van der Waals surface area contributed by atoms with Crippen molar-refractivity contribution in [1.29, 1.82) is 0 Å². The van der Waals surface area contributed by atoms with Gasteiger partial charge >= 0.3 is 0 Å². The molecule has 2 fully saturated rings. The highest BCUT2D eigenvalue weighted by Gasteiger charge is 2.27. The third-order valence-electron chi connectivity index (χ3n) is 11.1. The monoisotopic (exact) mass is 720 g/mol. The van der Waals surface area contributed by atoms with E-state index < -0.39 is 0 Å². The Bertz CT molecular complexity index is 2050. The molecule has 0 saturated carbocycles. The van der Waals surface area contributed by atoms with Gasteiger partial charge in [-0.3, -0.25) is 14.6 Å². The molecule has 0 unspecified atom stereocenters. The van der Waals surface area contributed by atoms with Crippen LogP contribution in [0.5, 0.6) is 0 Å². The van der Waals surface area contributed by atoms with Gasteiger partial charge in [0.25, 0.3) is 0 Å². The highest BCUT2D eigenvalue weighted by molar-refractivity contribution is 7.20. The van der Waals surface area contributed by atoms with E-state index in [9.17, 15) is 4.79 Å². The first kappa shape index (κ1) is 34.9. The van der Waals surface area contributed by atoms with E-state index in [1.54, 1.807) is 0 Å². The fourth-order valence-corrected chi connectivity index (χ4v) is 10.5. The van der Waals surface area contributed by atoms with E-state index in [2.05, 4.69) is 133 Å². The molecule has 2 aliphatic rings. The van der Waals surface area contributed by atoms with E-state index in [4.69, 9.17) is 0 Å². The molecule has 0 radical (unpaired) electrons. The molecule has 0 atom stereocenters. The molecule has 0 N–H and O–H groups in total. The molecule has 6 aromatic rings. The summed E-state index contributed by atoms with van der Waals surface area (Å²) in [4.78, 5) is 22.1. The lowest BCUT2D eigenvalue weighted by Gasteiger charge is -2.33. The number of carbonyl (C=O) groups is 1. The van der Waals surface area contributed by atoms with E-state index in [1.807, 2.05) is 34.8 Å². The fraction of sp³-hybridized carbons (Fsp3) is 0.298. The number of rotatable bonds is 10. The average molecular weight is 721 g/mol. The maximum atomic E-state index is 14.5. The molecule has 4 heterocycles. The number of fused-ring (bicyclic) bond motifs is 2. The molecule has 8 rings (SSSR count). The zero-order chi connectivity index (χ0) is 35.4. The molecule has 5 heteroatoms. The first-order chi connectivity index (χ1) is 25.4. The number of ketones is 1. The van der Waals surface area contributed by atoms with Gasteiger partial charge in [0.05, 0.1) is 0 Å². The lowest BCUT2D eigenvalue weighted by atomic mass is 9.85. The maximum absolute atomic E-state index is 14.5. The van der Waals surface area contributed by atoms with Crippen LogP contribution in [0.3, 0.4) is 0 Å². The number of thiophene rings is 2. The smallest absolute Gasteiger partial charge is 0.179 e. The van der Waals surface area contributed by atoms with Gasteiger partial charge < -0.3 is 0 Å². The van der Waals surface area contributed by atoms with E-state index >= 15 is 0 Å². The zero-order valence-corrected chi connectivity index (χ0v) is 32.0. The summed E-state index contributed by atoms with van der Waals surface area (Å²) >= 11 is 3.69. The number of piperidine rings is 2. The number of carbonyl (C=O) groups excluding carboxylic acids is 1. The van der Waals surface area contributed by atoms with Crippen molar-refractivity contribution in [2.24, 2.45) is 11.8 Å². The van der Waals surface area contributed by atoms with Crippen LogP contribution in [0.2, 0.25) is 0 Å². The molecule has 3 nitrogen and oxygen atoms in total. The number of likely N-dealkylation sites (tertiary alicyclic amines) is 2. The van der Waals surface area contributed by atoms with Crippen molar-refractivity contribution in [2.75, 3.05) is 26.2 Å². The Morgan fingerprint density at radius 2 is 0.981 bits per heavy atom. The summed E-state index contributed by atoms with van der Waals surface area (Å²) < 4.78 is 2.58. The highest BCUT2D eigenvalue weighted by Crippen LogP contribution is 2.41. The first-order valence-electron chi connectivity index (χ1n) is 18.9. The van der Waals surface area contributed by atoms with Gasteiger partial charge in [-0.15, -0.1) is 22.7 Å². The lowest BCUT2D eigenvalue weighted by Crippen LogP contribution is -2.33. The molecule has 2 aliphatic heterocycles. The van der Waals surface area contributed by atoms with Gasteiger partial charge in [0.2, 0.25) is 0 Å². The molecular formula is C47H48N2OS2. The minimum atomic E-state index is 0.130. The van der Waals surface area contributed by atoms with Crippen LogP contribution < -0.4 is 0 Å². The van der Waals surface area contributed by atoms with Crippen LogP contribution >= 0.6 is 22.7 Å². The normalized spacial score (nSPS) is 17.3. The van der Waals surface area contributed by atoms with Crippen molar-refractivity contribution in [3.05, 3.63) is 153 Å². The summed E-state index contributed by atoms with van der Waals surface area (Å²) in [7, 11) is 0. The lowest BCUT2D eigenvalue weighted by molar-refractivity contribution is -0.110. The third-order valence-corrected chi connectivity index (χ3v) is 13.4. The van der Waals surface area contributed by atoms with Crippen molar-refractivity contribution in [2.45, 2.75) is 52.6 Å². The molecule has 0 bridgehead atoms. The Labute approximate surface area is 316 Å². The highest BCUT2D eigenvalue weighted by atomic mass is 32.1. The molecule has 0 aliphatic carbocycles. The van der Waals surface area contributed by atoms with Gasteiger partial charge in [0.15, 0.2) is 5.78 Å². The van der Waals surface area contributed by atoms with Crippen molar-refractivity contribution in [3.63, 3.8) is 0 Å². The number of aryl methyl sites for hydroxylation is 2. The molecule has 264 valence electrons. The van der Waals surface area contributed by atoms with Crippen molar-refractivity contribution in [3.8, 4) is 0 Å². The average Bonchev–Trinajstić information content (AvgIpc) is 3.78. The molecule has 52 heavy (non-hydrogen) atoms. The second-order valence-corrected chi connectivity index (χ2v) is 17.1. The van der Waals surface area contributed by atoms with Crippen molar-refractivity contribution < 1.29 is 4.79 Å². The van der Waals surface area contributed by atoms with Crippen LogP contribution in [0.25, 0.3) is 31.3 Å². The van der Waals surface area contributed by atoms with E-state index in [1.165, 1.54) is 63.3 Å². The largest absolute Gasteiger partial charge is 0.299 e. The van der Waals surface area contributed by atoms with Gasteiger partial charge in [0, 0.05) is 32.2 Å². The predicted octanol–water partition coefficient (Wildman–Crippen LogP) is 11.6. The fourth-order valence-electron chi connectivity index (χ4n) is 8.23. The second kappa shape index (κ2) is 15.9. The molecule has 4 aromatic carbocycles. The van der Waals surface area contributed by atoms with Crippen molar-refractivity contribution in [1.82, 2.24) is 9.80 Å². The van der Waals surface area contributed by atoms with E-state index in [0.717, 1.165) is 65.0 Å². The number of allylic oxidation sites excluding steroid dienone is 4. The number of hydrogen-bond donors (Lipinski definition) is 0. The van der Waals surface area contributed by atoms with Gasteiger partial charge in [-0.05, 0) is 147 Å². The van der Waals surface area contributed by atoms with Crippen molar-refractivity contribution >= 4 is 59.8 Å². The number of nitrogens with zero attached hydrogens (tertiary/aromatic N) is 2. The summed E-state index contributed by atoms with van der Waals surface area (Å²) in [5.41, 5.74) is 7.73. The Balaban J connectivity index is 1.10. The Morgan fingerprint density at radius 3 is 1.38 bits per heavy atom. The topological polar surface area (TPSA) is 23.6 Å².